The lowest BCUT2D eigenvalue weighted by molar-refractivity contribution is -0.142. The van der Waals surface area contributed by atoms with E-state index in [2.05, 4.69) is 15.6 Å². The van der Waals surface area contributed by atoms with E-state index in [1.807, 2.05) is 0 Å². The van der Waals surface area contributed by atoms with E-state index in [1.165, 1.54) is 11.3 Å². The molecule has 1 amide bonds. The van der Waals surface area contributed by atoms with Crippen LogP contribution in [0.15, 0.2) is 6.20 Å². The van der Waals surface area contributed by atoms with Gasteiger partial charge in [0, 0.05) is 6.04 Å². The van der Waals surface area contributed by atoms with Gasteiger partial charge in [0.1, 0.15) is 9.88 Å². The third kappa shape index (κ3) is 5.23. The van der Waals surface area contributed by atoms with Gasteiger partial charge in [-0.1, -0.05) is 0 Å². The molecule has 0 aromatic carbocycles. The average molecular weight is 367 g/mol. The zero-order chi connectivity index (χ0) is 17.6. The summed E-state index contributed by atoms with van der Waals surface area (Å²) in [6.45, 7) is 2.42. The van der Waals surface area contributed by atoms with Crippen LogP contribution in [0, 0.1) is 5.92 Å². The largest absolute Gasteiger partial charge is 0.481 e. The molecule has 3 rings (SSSR count). The highest BCUT2D eigenvalue weighted by molar-refractivity contribution is 7.13. The maximum absolute atomic E-state index is 12.3. The van der Waals surface area contributed by atoms with Crippen molar-refractivity contribution < 1.29 is 19.4 Å². The predicted molar refractivity (Wildman–Crippen MR) is 93.6 cm³/mol. The molecule has 8 heteroatoms. The maximum atomic E-state index is 12.3. The number of nitrogens with zero attached hydrogens (tertiary/aromatic N) is 1. The molecule has 0 bridgehead atoms. The Morgan fingerprint density at radius 3 is 2.64 bits per heavy atom. The van der Waals surface area contributed by atoms with Gasteiger partial charge in [-0.3, -0.25) is 9.59 Å². The van der Waals surface area contributed by atoms with Crippen LogP contribution in [-0.2, 0) is 16.1 Å². The van der Waals surface area contributed by atoms with E-state index in [4.69, 9.17) is 9.84 Å². The van der Waals surface area contributed by atoms with Crippen LogP contribution in [0.2, 0.25) is 0 Å². The minimum absolute atomic E-state index is 0.0552. The van der Waals surface area contributed by atoms with Gasteiger partial charge < -0.3 is 20.5 Å². The summed E-state index contributed by atoms with van der Waals surface area (Å²) in [7, 11) is 0. The minimum atomic E-state index is -0.731. The number of carbonyl (C=O) groups is 2. The normalized spacial score (nSPS) is 24.8. The van der Waals surface area contributed by atoms with Crippen LogP contribution >= 0.6 is 11.3 Å². The Kier molecular flexibility index (Phi) is 6.39. The summed E-state index contributed by atoms with van der Waals surface area (Å²) in [6, 6.07) is 0.0552. The number of hydrogen-bond acceptors (Lipinski definition) is 6. The Hall–Kier alpha value is -1.51. The summed E-state index contributed by atoms with van der Waals surface area (Å²) in [5, 5.41) is 16.1. The number of ether oxygens (including phenoxy) is 1. The Labute approximate surface area is 151 Å². The number of carboxylic acid groups (broad SMARTS) is 1. The van der Waals surface area contributed by atoms with E-state index >= 15 is 0 Å². The van der Waals surface area contributed by atoms with E-state index in [9.17, 15) is 9.59 Å². The van der Waals surface area contributed by atoms with Crippen molar-refractivity contribution in [2.75, 3.05) is 13.1 Å². The Bertz CT molecular complexity index is 592. The summed E-state index contributed by atoms with van der Waals surface area (Å²) in [5.74, 6) is -1.12. The second-order valence-corrected chi connectivity index (χ2v) is 7.85. The monoisotopic (exact) mass is 367 g/mol. The van der Waals surface area contributed by atoms with E-state index in [0.717, 1.165) is 30.9 Å². The molecule has 0 radical (unpaired) electrons. The number of amides is 1. The highest BCUT2D eigenvalue weighted by Gasteiger charge is 2.27. The van der Waals surface area contributed by atoms with Crippen LogP contribution in [0.1, 0.15) is 53.2 Å². The molecule has 1 aliphatic carbocycles. The van der Waals surface area contributed by atoms with Crippen LogP contribution < -0.4 is 10.6 Å². The molecule has 2 heterocycles. The molecule has 1 aliphatic heterocycles. The number of carboxylic acids is 1. The molecule has 138 valence electrons. The van der Waals surface area contributed by atoms with Crippen molar-refractivity contribution in [3.8, 4) is 0 Å². The minimum Gasteiger partial charge on any atom is -0.481 e. The number of piperidine rings is 1. The van der Waals surface area contributed by atoms with Gasteiger partial charge in [-0.25, -0.2) is 4.98 Å². The first-order valence-corrected chi connectivity index (χ1v) is 9.74. The molecule has 2 aliphatic rings. The highest BCUT2D eigenvalue weighted by Crippen LogP contribution is 2.25. The van der Waals surface area contributed by atoms with E-state index in [-0.39, 0.29) is 24.0 Å². The molecule has 1 aromatic heterocycles. The number of aromatic nitrogens is 1. The van der Waals surface area contributed by atoms with Crippen LogP contribution in [0.25, 0.3) is 0 Å². The van der Waals surface area contributed by atoms with Gasteiger partial charge in [0.15, 0.2) is 0 Å². The second-order valence-electron chi connectivity index (χ2n) is 6.74. The molecule has 3 N–H and O–H groups in total. The fourth-order valence-electron chi connectivity index (χ4n) is 3.37. The molecule has 2 fully saturated rings. The van der Waals surface area contributed by atoms with Gasteiger partial charge in [0.25, 0.3) is 5.91 Å². The van der Waals surface area contributed by atoms with Crippen molar-refractivity contribution in [1.29, 1.82) is 0 Å². The lowest BCUT2D eigenvalue weighted by Crippen LogP contribution is -2.38. The number of aliphatic carboxylic acids is 1. The van der Waals surface area contributed by atoms with Crippen molar-refractivity contribution >= 4 is 23.2 Å². The molecular weight excluding hydrogens is 342 g/mol. The molecule has 1 saturated heterocycles. The first-order chi connectivity index (χ1) is 12.1. The van der Waals surface area contributed by atoms with Crippen LogP contribution in [0.4, 0.5) is 0 Å². The summed E-state index contributed by atoms with van der Waals surface area (Å²) >= 11 is 1.37. The molecule has 0 unspecified atom stereocenters. The van der Waals surface area contributed by atoms with Crippen LogP contribution in [-0.4, -0.2) is 47.2 Å². The number of carbonyl (C=O) groups excluding carboxylic acids is 1. The van der Waals surface area contributed by atoms with Crippen molar-refractivity contribution in [2.24, 2.45) is 5.92 Å². The Morgan fingerprint density at radius 1 is 1.24 bits per heavy atom. The molecule has 7 nitrogen and oxygen atoms in total. The predicted octanol–water partition coefficient (Wildman–Crippen LogP) is 1.78. The number of hydrogen-bond donors (Lipinski definition) is 3. The number of nitrogens with one attached hydrogen (secondary N) is 2. The summed E-state index contributed by atoms with van der Waals surface area (Å²) < 4.78 is 5.87. The number of thiazole rings is 1. The summed E-state index contributed by atoms with van der Waals surface area (Å²) in [6.07, 6.45) is 6.57. The fourth-order valence-corrected chi connectivity index (χ4v) is 4.12. The van der Waals surface area contributed by atoms with E-state index < -0.39 is 5.97 Å². The van der Waals surface area contributed by atoms with E-state index in [1.54, 1.807) is 6.20 Å². The van der Waals surface area contributed by atoms with Crippen LogP contribution in [0.3, 0.4) is 0 Å². The topological polar surface area (TPSA) is 101 Å². The van der Waals surface area contributed by atoms with Gasteiger partial charge in [-0.05, 0) is 51.6 Å². The maximum Gasteiger partial charge on any atom is 0.306 e. The SMILES string of the molecule is O=C(NC1CCC(C(=O)O)CC1)c1cnc(COC2CCNCC2)s1. The van der Waals surface area contributed by atoms with Crippen molar-refractivity contribution in [2.45, 2.75) is 57.3 Å². The average Bonchev–Trinajstić information content (AvgIpc) is 3.10. The molecular formula is C17H25N3O4S. The van der Waals surface area contributed by atoms with Crippen molar-refractivity contribution in [1.82, 2.24) is 15.6 Å². The van der Waals surface area contributed by atoms with Crippen molar-refractivity contribution in [3.05, 3.63) is 16.1 Å². The molecule has 1 saturated carbocycles. The Balaban J connectivity index is 1.43. The summed E-state index contributed by atoms with van der Waals surface area (Å²) in [5.41, 5.74) is 0. The third-order valence-corrected chi connectivity index (χ3v) is 5.89. The quantitative estimate of drug-likeness (QED) is 0.709. The van der Waals surface area contributed by atoms with E-state index in [0.29, 0.717) is 37.2 Å². The van der Waals surface area contributed by atoms with Gasteiger partial charge in [-0.15, -0.1) is 11.3 Å². The van der Waals surface area contributed by atoms with Gasteiger partial charge >= 0.3 is 5.97 Å². The molecule has 0 atom stereocenters. The molecule has 0 spiro atoms. The lowest BCUT2D eigenvalue weighted by Gasteiger charge is -2.26. The zero-order valence-electron chi connectivity index (χ0n) is 14.2. The summed E-state index contributed by atoms with van der Waals surface area (Å²) in [4.78, 5) is 28.2. The third-order valence-electron chi connectivity index (χ3n) is 4.92. The lowest BCUT2D eigenvalue weighted by atomic mass is 9.86. The zero-order valence-corrected chi connectivity index (χ0v) is 15.0. The van der Waals surface area contributed by atoms with Gasteiger partial charge in [0.05, 0.1) is 24.8 Å². The molecule has 1 aromatic rings. The van der Waals surface area contributed by atoms with Gasteiger partial charge in [-0.2, -0.15) is 0 Å². The standard InChI is InChI=1S/C17H25N3O4S/c21-16(20-12-3-1-11(2-4-12)17(22)23)14-9-19-15(25-14)10-24-13-5-7-18-8-6-13/h9,11-13,18H,1-8,10H2,(H,20,21)(H,22,23). The van der Waals surface area contributed by atoms with Crippen LogP contribution in [0.5, 0.6) is 0 Å². The Morgan fingerprint density at radius 2 is 1.96 bits per heavy atom. The fraction of sp³-hybridized carbons (Fsp3) is 0.706. The first kappa shape index (κ1) is 18.3. The first-order valence-electron chi connectivity index (χ1n) is 8.92. The highest BCUT2D eigenvalue weighted by atomic mass is 32.1. The second kappa shape index (κ2) is 8.73. The number of rotatable bonds is 6. The van der Waals surface area contributed by atoms with Crippen molar-refractivity contribution in [3.63, 3.8) is 0 Å². The molecule has 25 heavy (non-hydrogen) atoms. The van der Waals surface area contributed by atoms with Gasteiger partial charge in [0.2, 0.25) is 0 Å². The smallest absolute Gasteiger partial charge is 0.306 e.